The van der Waals surface area contributed by atoms with E-state index in [2.05, 4.69) is 15.1 Å². The van der Waals surface area contributed by atoms with Crippen molar-refractivity contribution < 1.29 is 14.1 Å². The summed E-state index contributed by atoms with van der Waals surface area (Å²) in [5.74, 6) is 1.30. The predicted molar refractivity (Wildman–Crippen MR) is 97.6 cm³/mol. The third-order valence-electron chi connectivity index (χ3n) is 3.87. The summed E-state index contributed by atoms with van der Waals surface area (Å²) in [7, 11) is 1.78. The Bertz CT molecular complexity index is 890. The molecule has 0 aliphatic rings. The molecule has 0 radical (unpaired) electrons. The highest BCUT2D eigenvalue weighted by molar-refractivity contribution is 5.75. The lowest BCUT2D eigenvalue weighted by atomic mass is 10.1. The molecule has 1 aromatic carbocycles. The van der Waals surface area contributed by atoms with E-state index in [4.69, 9.17) is 9.26 Å². The van der Waals surface area contributed by atoms with Crippen LogP contribution in [0.5, 0.6) is 0 Å². The molecule has 2 heterocycles. The van der Waals surface area contributed by atoms with Crippen LogP contribution in [0.3, 0.4) is 0 Å². The molecule has 0 saturated carbocycles. The van der Waals surface area contributed by atoms with Gasteiger partial charge in [0, 0.05) is 18.8 Å². The number of ether oxygens (including phenoxy) is 1. The third-order valence-corrected chi connectivity index (χ3v) is 3.87. The fraction of sp³-hybridized carbons (Fsp3) is 0.263. The van der Waals surface area contributed by atoms with Gasteiger partial charge >= 0.3 is 5.97 Å². The highest BCUT2D eigenvalue weighted by Gasteiger charge is 2.14. The molecule has 0 N–H and O–H groups in total. The van der Waals surface area contributed by atoms with Gasteiger partial charge in [0.15, 0.2) is 0 Å². The number of anilines is 1. The average molecular weight is 352 g/mol. The summed E-state index contributed by atoms with van der Waals surface area (Å²) in [6.45, 7) is 4.28. The Balaban J connectivity index is 1.75. The molecule has 0 aliphatic carbocycles. The first-order chi connectivity index (χ1) is 12.6. The number of aryl methyl sites for hydroxylation is 1. The smallest absolute Gasteiger partial charge is 0.325 e. The number of hydrogen-bond donors (Lipinski definition) is 0. The lowest BCUT2D eigenvalue weighted by molar-refractivity contribution is -0.141. The van der Waals surface area contributed by atoms with Crippen LogP contribution in [0.1, 0.15) is 12.5 Å². The summed E-state index contributed by atoms with van der Waals surface area (Å²) in [5.41, 5.74) is 2.72. The van der Waals surface area contributed by atoms with Crippen LogP contribution < -0.4 is 4.90 Å². The molecular formula is C19H20N4O3. The van der Waals surface area contributed by atoms with Crippen molar-refractivity contribution in [2.45, 2.75) is 13.8 Å². The molecule has 3 rings (SSSR count). The lowest BCUT2D eigenvalue weighted by Gasteiger charge is -2.16. The zero-order chi connectivity index (χ0) is 18.5. The second-order valence-electron chi connectivity index (χ2n) is 5.80. The van der Waals surface area contributed by atoms with Gasteiger partial charge in [-0.15, -0.1) is 0 Å². The van der Waals surface area contributed by atoms with E-state index in [9.17, 15) is 4.79 Å². The van der Waals surface area contributed by atoms with E-state index in [1.54, 1.807) is 31.1 Å². The van der Waals surface area contributed by atoms with E-state index < -0.39 is 0 Å². The predicted octanol–water partition coefficient (Wildman–Crippen LogP) is 3.11. The molecule has 0 unspecified atom stereocenters. The first kappa shape index (κ1) is 17.6. The Morgan fingerprint density at radius 1 is 1.23 bits per heavy atom. The van der Waals surface area contributed by atoms with Gasteiger partial charge in [0.05, 0.1) is 12.2 Å². The molecule has 0 spiro atoms. The molecule has 0 aliphatic heterocycles. The number of carbonyl (C=O) groups is 1. The van der Waals surface area contributed by atoms with Gasteiger partial charge in [-0.25, -0.2) is 4.98 Å². The second kappa shape index (κ2) is 7.77. The Morgan fingerprint density at radius 2 is 2.04 bits per heavy atom. The molecule has 134 valence electrons. The summed E-state index contributed by atoms with van der Waals surface area (Å²) in [6, 6.07) is 11.5. The van der Waals surface area contributed by atoms with E-state index in [1.807, 2.05) is 37.3 Å². The van der Waals surface area contributed by atoms with Gasteiger partial charge < -0.3 is 14.2 Å². The topological polar surface area (TPSA) is 81.4 Å². The van der Waals surface area contributed by atoms with Gasteiger partial charge in [-0.1, -0.05) is 29.4 Å². The van der Waals surface area contributed by atoms with Gasteiger partial charge in [0.2, 0.25) is 5.82 Å². The zero-order valence-electron chi connectivity index (χ0n) is 15.0. The Kier molecular flexibility index (Phi) is 5.26. The van der Waals surface area contributed by atoms with Crippen molar-refractivity contribution >= 4 is 11.8 Å². The SMILES string of the molecule is CCOC(=O)CN(C)c1ccc(-c2nc(-c3ccccc3C)no2)cn1. The van der Waals surface area contributed by atoms with Crippen molar-refractivity contribution in [2.24, 2.45) is 0 Å². The summed E-state index contributed by atoms with van der Waals surface area (Å²) < 4.78 is 10.3. The highest BCUT2D eigenvalue weighted by atomic mass is 16.5. The molecule has 7 nitrogen and oxygen atoms in total. The maximum Gasteiger partial charge on any atom is 0.325 e. The highest BCUT2D eigenvalue weighted by Crippen LogP contribution is 2.24. The number of aromatic nitrogens is 3. The first-order valence-corrected chi connectivity index (χ1v) is 8.31. The minimum atomic E-state index is -0.291. The molecule has 0 atom stereocenters. The fourth-order valence-corrected chi connectivity index (χ4v) is 2.49. The van der Waals surface area contributed by atoms with Gasteiger partial charge in [-0.05, 0) is 31.5 Å². The van der Waals surface area contributed by atoms with Crippen LogP contribution in [-0.4, -0.2) is 41.3 Å². The normalized spacial score (nSPS) is 10.6. The number of hydrogen-bond acceptors (Lipinski definition) is 7. The molecule has 2 aromatic heterocycles. The second-order valence-corrected chi connectivity index (χ2v) is 5.80. The van der Waals surface area contributed by atoms with Crippen LogP contribution in [0.25, 0.3) is 22.8 Å². The van der Waals surface area contributed by atoms with Crippen molar-refractivity contribution in [1.29, 1.82) is 0 Å². The van der Waals surface area contributed by atoms with Gasteiger partial charge in [-0.2, -0.15) is 4.98 Å². The van der Waals surface area contributed by atoms with Crippen molar-refractivity contribution in [1.82, 2.24) is 15.1 Å². The minimum absolute atomic E-state index is 0.137. The molecule has 0 bridgehead atoms. The maximum absolute atomic E-state index is 11.6. The van der Waals surface area contributed by atoms with Gasteiger partial charge in [-0.3, -0.25) is 4.79 Å². The number of esters is 1. The fourth-order valence-electron chi connectivity index (χ4n) is 2.49. The molecule has 0 amide bonds. The zero-order valence-corrected chi connectivity index (χ0v) is 15.0. The quantitative estimate of drug-likeness (QED) is 0.630. The molecular weight excluding hydrogens is 332 g/mol. The summed E-state index contributed by atoms with van der Waals surface area (Å²) in [5, 5.41) is 4.06. The number of likely N-dealkylation sites (N-methyl/N-ethyl adjacent to an activating group) is 1. The van der Waals surface area contributed by atoms with Crippen molar-refractivity contribution in [3.63, 3.8) is 0 Å². The number of rotatable bonds is 6. The van der Waals surface area contributed by atoms with Gasteiger partial charge in [0.1, 0.15) is 12.4 Å². The summed E-state index contributed by atoms with van der Waals surface area (Å²) >= 11 is 0. The molecule has 0 saturated heterocycles. The number of carbonyl (C=O) groups excluding carboxylic acids is 1. The number of nitrogens with zero attached hydrogens (tertiary/aromatic N) is 4. The Hall–Kier alpha value is -3.22. The lowest BCUT2D eigenvalue weighted by Crippen LogP contribution is -2.27. The average Bonchev–Trinajstić information content (AvgIpc) is 3.12. The Labute approximate surface area is 151 Å². The molecule has 3 aromatic rings. The summed E-state index contributed by atoms with van der Waals surface area (Å²) in [4.78, 5) is 22.1. The van der Waals surface area contributed by atoms with Crippen molar-refractivity contribution in [3.8, 4) is 22.8 Å². The van der Waals surface area contributed by atoms with E-state index in [0.717, 1.165) is 11.1 Å². The largest absolute Gasteiger partial charge is 0.465 e. The minimum Gasteiger partial charge on any atom is -0.465 e. The van der Waals surface area contributed by atoms with Crippen LogP contribution in [0.4, 0.5) is 5.82 Å². The van der Waals surface area contributed by atoms with Crippen LogP contribution in [-0.2, 0) is 9.53 Å². The van der Waals surface area contributed by atoms with Crippen LogP contribution in [0, 0.1) is 6.92 Å². The summed E-state index contributed by atoms with van der Waals surface area (Å²) in [6.07, 6.45) is 1.64. The van der Waals surface area contributed by atoms with Crippen molar-refractivity contribution in [3.05, 3.63) is 48.2 Å². The number of benzene rings is 1. The van der Waals surface area contributed by atoms with E-state index >= 15 is 0 Å². The van der Waals surface area contributed by atoms with Crippen LogP contribution in [0.15, 0.2) is 47.1 Å². The van der Waals surface area contributed by atoms with Crippen molar-refractivity contribution in [2.75, 3.05) is 25.1 Å². The standard InChI is InChI=1S/C19H20N4O3/c1-4-25-17(24)12-23(3)16-10-9-14(11-20-16)19-21-18(22-26-19)15-8-6-5-7-13(15)2/h5-11H,4,12H2,1-3H3. The molecule has 26 heavy (non-hydrogen) atoms. The van der Waals surface area contributed by atoms with Crippen LogP contribution in [0.2, 0.25) is 0 Å². The first-order valence-electron chi connectivity index (χ1n) is 8.31. The van der Waals surface area contributed by atoms with E-state index in [0.29, 0.717) is 29.7 Å². The van der Waals surface area contributed by atoms with E-state index in [1.165, 1.54) is 0 Å². The number of pyridine rings is 1. The monoisotopic (exact) mass is 352 g/mol. The molecule has 0 fully saturated rings. The third kappa shape index (κ3) is 3.88. The van der Waals surface area contributed by atoms with Gasteiger partial charge in [0.25, 0.3) is 5.89 Å². The van der Waals surface area contributed by atoms with Crippen LogP contribution >= 0.6 is 0 Å². The Morgan fingerprint density at radius 3 is 2.73 bits per heavy atom. The maximum atomic E-state index is 11.6. The molecule has 7 heteroatoms. The van der Waals surface area contributed by atoms with E-state index in [-0.39, 0.29) is 12.5 Å².